The molecule has 0 saturated carbocycles. The number of H-pyrrole nitrogens is 1. The molecule has 0 saturated heterocycles. The molecule has 19 heavy (non-hydrogen) atoms. The van der Waals surface area contributed by atoms with Crippen LogP contribution in [0.2, 0.25) is 0 Å². The van der Waals surface area contributed by atoms with E-state index < -0.39 is 5.56 Å². The molecule has 100 valence electrons. The molecule has 0 fully saturated rings. The Morgan fingerprint density at radius 2 is 2.05 bits per heavy atom. The van der Waals surface area contributed by atoms with E-state index in [0.29, 0.717) is 5.92 Å². The molecule has 0 spiro atoms. The van der Waals surface area contributed by atoms with Gasteiger partial charge >= 0.3 is 0 Å². The van der Waals surface area contributed by atoms with Crippen LogP contribution in [0.1, 0.15) is 31.7 Å². The molecule has 0 amide bonds. The summed E-state index contributed by atoms with van der Waals surface area (Å²) in [5.41, 5.74) is 1.68. The number of aromatic hydroxyl groups is 1. The lowest BCUT2D eigenvalue weighted by molar-refractivity contribution is 0.452. The van der Waals surface area contributed by atoms with Crippen molar-refractivity contribution in [2.75, 3.05) is 5.32 Å². The van der Waals surface area contributed by atoms with Crippen LogP contribution < -0.4 is 10.9 Å². The lowest BCUT2D eigenvalue weighted by Gasteiger charge is -2.10. The molecular formula is C14H17N3O2. The van der Waals surface area contributed by atoms with E-state index in [-0.39, 0.29) is 11.8 Å². The molecule has 1 aromatic heterocycles. The van der Waals surface area contributed by atoms with Crippen molar-refractivity contribution in [2.24, 2.45) is 0 Å². The molecule has 0 aliphatic rings. The van der Waals surface area contributed by atoms with Crippen molar-refractivity contribution < 1.29 is 5.11 Å². The zero-order valence-electron chi connectivity index (χ0n) is 11.0. The Morgan fingerprint density at radius 3 is 2.63 bits per heavy atom. The number of hydrogen-bond donors (Lipinski definition) is 3. The molecular weight excluding hydrogens is 242 g/mol. The van der Waals surface area contributed by atoms with Gasteiger partial charge in [-0.05, 0) is 30.0 Å². The van der Waals surface area contributed by atoms with Crippen LogP contribution in [-0.4, -0.2) is 15.1 Å². The largest absolute Gasteiger partial charge is 0.493 e. The van der Waals surface area contributed by atoms with Crippen LogP contribution in [-0.2, 0) is 0 Å². The number of nitrogens with zero attached hydrogens (tertiary/aromatic N) is 1. The van der Waals surface area contributed by atoms with Crippen molar-refractivity contribution in [3.05, 3.63) is 46.2 Å². The van der Waals surface area contributed by atoms with Gasteiger partial charge in [-0.25, -0.2) is 0 Å². The summed E-state index contributed by atoms with van der Waals surface area (Å²) in [4.78, 5) is 17.5. The van der Waals surface area contributed by atoms with Crippen molar-refractivity contribution in [3.63, 3.8) is 0 Å². The van der Waals surface area contributed by atoms with E-state index in [1.807, 2.05) is 24.3 Å². The fourth-order valence-corrected chi connectivity index (χ4v) is 1.77. The molecule has 1 unspecified atom stereocenters. The molecule has 0 bridgehead atoms. The minimum Gasteiger partial charge on any atom is -0.493 e. The van der Waals surface area contributed by atoms with Crippen LogP contribution in [0.15, 0.2) is 35.1 Å². The molecule has 0 aliphatic heterocycles. The van der Waals surface area contributed by atoms with Gasteiger partial charge in [0.2, 0.25) is 11.8 Å². The van der Waals surface area contributed by atoms with Crippen LogP contribution in [0.5, 0.6) is 5.88 Å². The predicted molar refractivity (Wildman–Crippen MR) is 75.0 cm³/mol. The third kappa shape index (κ3) is 3.34. The highest BCUT2D eigenvalue weighted by atomic mass is 16.3. The van der Waals surface area contributed by atoms with E-state index in [0.717, 1.165) is 18.2 Å². The first kappa shape index (κ1) is 13.1. The molecule has 1 heterocycles. The van der Waals surface area contributed by atoms with Crippen LogP contribution >= 0.6 is 0 Å². The third-order valence-electron chi connectivity index (χ3n) is 3.08. The van der Waals surface area contributed by atoms with E-state index in [9.17, 15) is 9.90 Å². The molecule has 1 aromatic carbocycles. The Hall–Kier alpha value is -2.30. The third-order valence-corrected chi connectivity index (χ3v) is 3.08. The summed E-state index contributed by atoms with van der Waals surface area (Å²) in [6.07, 6.45) is 1.09. The number of rotatable bonds is 4. The first-order valence-corrected chi connectivity index (χ1v) is 6.26. The van der Waals surface area contributed by atoms with E-state index in [4.69, 9.17) is 0 Å². The molecule has 5 nitrogen and oxygen atoms in total. The standard InChI is InChI=1S/C14H17N3O2/c1-3-9(2)10-4-6-11(7-5-10)15-14-16-12(18)8-13(19)17-14/h4-9H,3H2,1-2H3,(H3,15,16,17,18,19). The second-order valence-electron chi connectivity index (χ2n) is 4.51. The normalized spacial score (nSPS) is 12.1. The summed E-state index contributed by atoms with van der Waals surface area (Å²) >= 11 is 0. The topological polar surface area (TPSA) is 78.0 Å². The summed E-state index contributed by atoms with van der Waals surface area (Å²) in [6.45, 7) is 4.33. The number of benzene rings is 1. The highest BCUT2D eigenvalue weighted by Crippen LogP contribution is 2.21. The number of aromatic nitrogens is 2. The second-order valence-corrected chi connectivity index (χ2v) is 4.51. The van der Waals surface area contributed by atoms with Crippen molar-refractivity contribution in [2.45, 2.75) is 26.2 Å². The highest BCUT2D eigenvalue weighted by Gasteiger charge is 2.04. The fraction of sp³-hybridized carbons (Fsp3) is 0.286. The van der Waals surface area contributed by atoms with Gasteiger partial charge in [0, 0.05) is 5.69 Å². The predicted octanol–water partition coefficient (Wildman–Crippen LogP) is 2.73. The highest BCUT2D eigenvalue weighted by molar-refractivity contribution is 5.54. The molecule has 0 radical (unpaired) electrons. The van der Waals surface area contributed by atoms with E-state index in [2.05, 4.69) is 29.1 Å². The van der Waals surface area contributed by atoms with Crippen LogP contribution in [0, 0.1) is 0 Å². The minimum absolute atomic E-state index is 0.223. The Morgan fingerprint density at radius 1 is 1.37 bits per heavy atom. The summed E-state index contributed by atoms with van der Waals surface area (Å²) < 4.78 is 0. The number of aromatic amines is 1. The summed E-state index contributed by atoms with van der Waals surface area (Å²) in [7, 11) is 0. The summed E-state index contributed by atoms with van der Waals surface area (Å²) in [5, 5.41) is 12.2. The summed E-state index contributed by atoms with van der Waals surface area (Å²) in [5.74, 6) is 0.441. The monoisotopic (exact) mass is 259 g/mol. The van der Waals surface area contributed by atoms with Crippen molar-refractivity contribution >= 4 is 11.6 Å². The Kier molecular flexibility index (Phi) is 3.85. The maximum Gasteiger partial charge on any atom is 0.256 e. The van der Waals surface area contributed by atoms with Crippen LogP contribution in [0.3, 0.4) is 0 Å². The number of hydrogen-bond acceptors (Lipinski definition) is 4. The van der Waals surface area contributed by atoms with E-state index >= 15 is 0 Å². The molecule has 2 rings (SSSR count). The SMILES string of the molecule is CCC(C)c1ccc(Nc2nc(O)cc(=O)[nH]2)cc1. The maximum atomic E-state index is 11.2. The zero-order valence-corrected chi connectivity index (χ0v) is 11.0. The number of anilines is 2. The average molecular weight is 259 g/mol. The van der Waals surface area contributed by atoms with Gasteiger partial charge in [0.05, 0.1) is 6.07 Å². The van der Waals surface area contributed by atoms with Crippen molar-refractivity contribution in [3.8, 4) is 5.88 Å². The van der Waals surface area contributed by atoms with Gasteiger partial charge in [0.1, 0.15) is 0 Å². The van der Waals surface area contributed by atoms with Crippen molar-refractivity contribution in [1.82, 2.24) is 9.97 Å². The molecule has 2 aromatic rings. The quantitative estimate of drug-likeness (QED) is 0.789. The fourth-order valence-electron chi connectivity index (χ4n) is 1.77. The smallest absolute Gasteiger partial charge is 0.256 e. The van der Waals surface area contributed by atoms with E-state index in [1.165, 1.54) is 5.56 Å². The van der Waals surface area contributed by atoms with Crippen LogP contribution in [0.4, 0.5) is 11.6 Å². The van der Waals surface area contributed by atoms with Gasteiger partial charge in [-0.2, -0.15) is 4.98 Å². The lowest BCUT2D eigenvalue weighted by Crippen LogP contribution is -2.08. The van der Waals surface area contributed by atoms with E-state index in [1.54, 1.807) is 0 Å². The summed E-state index contributed by atoms with van der Waals surface area (Å²) in [6, 6.07) is 8.95. The lowest BCUT2D eigenvalue weighted by atomic mass is 9.99. The zero-order chi connectivity index (χ0) is 13.8. The molecule has 0 aliphatic carbocycles. The van der Waals surface area contributed by atoms with Gasteiger partial charge in [0.25, 0.3) is 5.56 Å². The van der Waals surface area contributed by atoms with Gasteiger partial charge in [0.15, 0.2) is 0 Å². The molecule has 1 atom stereocenters. The Labute approximate surface area is 111 Å². The van der Waals surface area contributed by atoms with Gasteiger partial charge in [-0.3, -0.25) is 9.78 Å². The first-order valence-electron chi connectivity index (χ1n) is 6.26. The minimum atomic E-state index is -0.397. The van der Waals surface area contributed by atoms with Crippen LogP contribution in [0.25, 0.3) is 0 Å². The Balaban J connectivity index is 2.17. The van der Waals surface area contributed by atoms with Gasteiger partial charge in [-0.1, -0.05) is 26.0 Å². The Bertz CT molecular complexity index is 605. The maximum absolute atomic E-state index is 11.2. The number of nitrogens with one attached hydrogen (secondary N) is 2. The average Bonchev–Trinajstić information content (AvgIpc) is 2.37. The van der Waals surface area contributed by atoms with Gasteiger partial charge < -0.3 is 10.4 Å². The van der Waals surface area contributed by atoms with Gasteiger partial charge in [-0.15, -0.1) is 0 Å². The van der Waals surface area contributed by atoms with Crippen molar-refractivity contribution in [1.29, 1.82) is 0 Å². The first-order chi connectivity index (χ1) is 9.08. The molecule has 3 N–H and O–H groups in total. The second kappa shape index (κ2) is 5.56. The molecule has 5 heteroatoms.